The van der Waals surface area contributed by atoms with E-state index in [2.05, 4.69) is 35.9 Å². The Labute approximate surface area is 185 Å². The Morgan fingerprint density at radius 1 is 1.36 bits per heavy atom. The molecule has 0 bridgehead atoms. The van der Waals surface area contributed by atoms with Crippen molar-refractivity contribution in [2.45, 2.75) is 39.7 Å². The number of aliphatic imine (C=N–C) groups is 1. The Kier molecular flexibility index (Phi) is 11.5. The molecular formula is C20H35IN4O3. The predicted octanol–water partition coefficient (Wildman–Crippen LogP) is 3.13. The molecule has 2 rings (SSSR count). The smallest absolute Gasteiger partial charge is 0.308 e. The molecule has 28 heavy (non-hydrogen) atoms. The van der Waals surface area contributed by atoms with E-state index in [0.29, 0.717) is 6.54 Å². The summed E-state index contributed by atoms with van der Waals surface area (Å²) in [5.41, 5.74) is 0. The molecule has 8 heteroatoms. The first-order valence-corrected chi connectivity index (χ1v) is 10.0. The van der Waals surface area contributed by atoms with Crippen LogP contribution in [-0.4, -0.2) is 68.1 Å². The van der Waals surface area contributed by atoms with Gasteiger partial charge in [-0.05, 0) is 45.0 Å². The van der Waals surface area contributed by atoms with E-state index in [-0.39, 0.29) is 41.9 Å². The maximum atomic E-state index is 11.8. The number of hydrogen-bond donors (Lipinski definition) is 1. The lowest BCUT2D eigenvalue weighted by Crippen LogP contribution is -2.47. The molecule has 0 radical (unpaired) electrons. The number of carbonyl (C=O) groups is 1. The van der Waals surface area contributed by atoms with E-state index in [1.807, 2.05) is 12.1 Å². The molecule has 160 valence electrons. The Morgan fingerprint density at radius 3 is 2.54 bits per heavy atom. The Bertz CT molecular complexity index is 582. The van der Waals surface area contributed by atoms with Crippen molar-refractivity contribution in [1.82, 2.24) is 15.1 Å². The third-order valence-corrected chi connectivity index (χ3v) is 5.20. The molecule has 1 saturated heterocycles. The quantitative estimate of drug-likeness (QED) is 0.253. The number of esters is 1. The second-order valence-corrected chi connectivity index (χ2v) is 6.73. The number of ether oxygens (including phenoxy) is 1. The standard InChI is InChI=1S/C20H34N4O3.HI/c1-5-21-20(24-12-10-16(11-13-24)19(25)26-4)22-15-17(23(6-2)7-3)18-9-8-14-27-18;/h8-9,14,16-17H,5-7,10-13,15H2,1-4H3,(H,21,22);1H. The maximum absolute atomic E-state index is 11.8. The van der Waals surface area contributed by atoms with Gasteiger partial charge in [0.05, 0.1) is 31.9 Å². The Morgan fingerprint density at radius 2 is 2.04 bits per heavy atom. The average molecular weight is 506 g/mol. The van der Waals surface area contributed by atoms with Crippen LogP contribution in [0.1, 0.15) is 45.4 Å². The highest BCUT2D eigenvalue weighted by Gasteiger charge is 2.27. The van der Waals surface area contributed by atoms with Gasteiger partial charge in [0.15, 0.2) is 5.96 Å². The molecule has 1 atom stereocenters. The van der Waals surface area contributed by atoms with Crippen LogP contribution in [0.3, 0.4) is 0 Å². The molecule has 1 aromatic rings. The number of hydrogen-bond acceptors (Lipinski definition) is 5. The number of likely N-dealkylation sites (N-methyl/N-ethyl adjacent to an activating group) is 1. The number of carbonyl (C=O) groups excluding carboxylic acids is 1. The molecule has 1 aromatic heterocycles. The second-order valence-electron chi connectivity index (χ2n) is 6.73. The van der Waals surface area contributed by atoms with Gasteiger partial charge in [-0.25, -0.2) is 0 Å². The van der Waals surface area contributed by atoms with Crippen LogP contribution >= 0.6 is 24.0 Å². The van der Waals surface area contributed by atoms with Gasteiger partial charge in [0.2, 0.25) is 0 Å². The first kappa shape index (κ1) is 24.7. The lowest BCUT2D eigenvalue weighted by molar-refractivity contribution is -0.146. The Hall–Kier alpha value is -1.29. The van der Waals surface area contributed by atoms with Gasteiger partial charge < -0.3 is 19.4 Å². The maximum Gasteiger partial charge on any atom is 0.308 e. The SMILES string of the molecule is CCNC(=NCC(c1ccco1)N(CC)CC)N1CCC(C(=O)OC)CC1.I. The van der Waals surface area contributed by atoms with Gasteiger partial charge in [0, 0.05) is 19.6 Å². The summed E-state index contributed by atoms with van der Waals surface area (Å²) in [6.45, 7) is 11.3. The van der Waals surface area contributed by atoms with Crippen LogP contribution in [0.2, 0.25) is 0 Å². The molecule has 1 N–H and O–H groups in total. The van der Waals surface area contributed by atoms with Gasteiger partial charge in [0.25, 0.3) is 0 Å². The van der Waals surface area contributed by atoms with Crippen molar-refractivity contribution >= 4 is 35.9 Å². The zero-order valence-corrected chi connectivity index (χ0v) is 19.8. The molecular weight excluding hydrogens is 471 g/mol. The normalized spacial score (nSPS) is 16.6. The zero-order valence-electron chi connectivity index (χ0n) is 17.5. The number of guanidine groups is 1. The molecule has 1 aliphatic rings. The van der Waals surface area contributed by atoms with Gasteiger partial charge in [-0.3, -0.25) is 14.7 Å². The zero-order chi connectivity index (χ0) is 19.6. The van der Waals surface area contributed by atoms with Crippen molar-refractivity contribution in [3.8, 4) is 0 Å². The summed E-state index contributed by atoms with van der Waals surface area (Å²) in [6.07, 6.45) is 3.32. The van der Waals surface area contributed by atoms with Crippen molar-refractivity contribution in [1.29, 1.82) is 0 Å². The minimum atomic E-state index is -0.101. The van der Waals surface area contributed by atoms with Gasteiger partial charge in [0.1, 0.15) is 5.76 Å². The largest absolute Gasteiger partial charge is 0.469 e. The van der Waals surface area contributed by atoms with Crippen LogP contribution in [0.15, 0.2) is 27.8 Å². The molecule has 0 spiro atoms. The number of likely N-dealkylation sites (tertiary alicyclic amines) is 1. The van der Waals surface area contributed by atoms with Gasteiger partial charge in [-0.1, -0.05) is 13.8 Å². The number of piperidine rings is 1. The number of halogens is 1. The van der Waals surface area contributed by atoms with Crippen molar-refractivity contribution < 1.29 is 13.9 Å². The minimum absolute atomic E-state index is 0. The number of rotatable bonds is 8. The van der Waals surface area contributed by atoms with E-state index >= 15 is 0 Å². The second kappa shape index (κ2) is 13.0. The van der Waals surface area contributed by atoms with Crippen molar-refractivity contribution in [3.63, 3.8) is 0 Å². The highest BCUT2D eigenvalue weighted by Crippen LogP contribution is 2.22. The molecule has 0 saturated carbocycles. The summed E-state index contributed by atoms with van der Waals surface area (Å²) >= 11 is 0. The summed E-state index contributed by atoms with van der Waals surface area (Å²) in [5, 5.41) is 3.40. The average Bonchev–Trinajstić information content (AvgIpc) is 3.24. The summed E-state index contributed by atoms with van der Waals surface area (Å²) in [5.74, 6) is 1.75. The molecule has 1 aliphatic heterocycles. The molecule has 7 nitrogen and oxygen atoms in total. The third-order valence-electron chi connectivity index (χ3n) is 5.20. The minimum Gasteiger partial charge on any atom is -0.469 e. The lowest BCUT2D eigenvalue weighted by atomic mass is 9.97. The molecule has 1 fully saturated rings. The highest BCUT2D eigenvalue weighted by atomic mass is 127. The van der Waals surface area contributed by atoms with Crippen LogP contribution < -0.4 is 5.32 Å². The fraction of sp³-hybridized carbons (Fsp3) is 0.700. The molecule has 0 aliphatic carbocycles. The van der Waals surface area contributed by atoms with Crippen molar-refractivity contribution in [2.75, 3.05) is 46.4 Å². The van der Waals surface area contributed by atoms with E-state index in [9.17, 15) is 4.79 Å². The molecule has 1 unspecified atom stereocenters. The monoisotopic (exact) mass is 506 g/mol. The predicted molar refractivity (Wildman–Crippen MR) is 122 cm³/mol. The van der Waals surface area contributed by atoms with E-state index in [1.54, 1.807) is 6.26 Å². The number of methoxy groups -OCH3 is 1. The summed E-state index contributed by atoms with van der Waals surface area (Å²) in [7, 11) is 1.46. The van der Waals surface area contributed by atoms with Crippen LogP contribution in [0.25, 0.3) is 0 Å². The number of nitrogens with zero attached hydrogens (tertiary/aromatic N) is 3. The first-order chi connectivity index (χ1) is 13.1. The van der Waals surface area contributed by atoms with E-state index < -0.39 is 0 Å². The van der Waals surface area contributed by atoms with Gasteiger partial charge in [-0.15, -0.1) is 24.0 Å². The van der Waals surface area contributed by atoms with Crippen molar-refractivity contribution in [2.24, 2.45) is 10.9 Å². The summed E-state index contributed by atoms with van der Waals surface area (Å²) in [6, 6.07) is 4.07. The molecule has 0 amide bonds. The van der Waals surface area contributed by atoms with E-state index in [4.69, 9.17) is 14.1 Å². The number of nitrogens with one attached hydrogen (secondary N) is 1. The topological polar surface area (TPSA) is 70.3 Å². The molecule has 0 aromatic carbocycles. The highest BCUT2D eigenvalue weighted by molar-refractivity contribution is 14.0. The Balaban J connectivity index is 0.00000392. The van der Waals surface area contributed by atoms with Crippen LogP contribution in [0, 0.1) is 5.92 Å². The van der Waals surface area contributed by atoms with Crippen molar-refractivity contribution in [3.05, 3.63) is 24.2 Å². The van der Waals surface area contributed by atoms with Gasteiger partial charge in [-0.2, -0.15) is 0 Å². The van der Waals surface area contributed by atoms with Crippen LogP contribution in [-0.2, 0) is 9.53 Å². The van der Waals surface area contributed by atoms with E-state index in [1.165, 1.54) is 7.11 Å². The lowest BCUT2D eigenvalue weighted by Gasteiger charge is -2.34. The van der Waals surface area contributed by atoms with Crippen LogP contribution in [0.4, 0.5) is 0 Å². The van der Waals surface area contributed by atoms with E-state index in [0.717, 1.165) is 57.3 Å². The summed E-state index contributed by atoms with van der Waals surface area (Å²) < 4.78 is 10.6. The van der Waals surface area contributed by atoms with Crippen LogP contribution in [0.5, 0.6) is 0 Å². The first-order valence-electron chi connectivity index (χ1n) is 10.0. The number of furan rings is 1. The third kappa shape index (κ3) is 6.65. The van der Waals surface area contributed by atoms with Gasteiger partial charge >= 0.3 is 5.97 Å². The summed E-state index contributed by atoms with van der Waals surface area (Å²) in [4.78, 5) is 21.3. The fourth-order valence-corrected chi connectivity index (χ4v) is 3.62. The fourth-order valence-electron chi connectivity index (χ4n) is 3.62. The molecule has 2 heterocycles.